The summed E-state index contributed by atoms with van der Waals surface area (Å²) in [4.78, 5) is 101. The second-order valence-corrected chi connectivity index (χ2v) is 25.7. The topological polar surface area (TPSA) is 257 Å². The van der Waals surface area contributed by atoms with Gasteiger partial charge in [0.1, 0.15) is 41.5 Å². The van der Waals surface area contributed by atoms with Crippen LogP contribution in [0.3, 0.4) is 0 Å². The lowest BCUT2D eigenvalue weighted by Gasteiger charge is -2.39. The number of hydrogen-bond acceptors (Lipinski definition) is 16. The molecule has 6 aromatic rings. The van der Waals surface area contributed by atoms with Crippen LogP contribution in [0.25, 0.3) is 32.6 Å². The lowest BCUT2D eigenvalue weighted by Crippen LogP contribution is -2.59. The number of amides is 3. The average molecular weight is 1250 g/mol. The van der Waals surface area contributed by atoms with Crippen molar-refractivity contribution < 1.29 is 60.5 Å². The summed E-state index contributed by atoms with van der Waals surface area (Å²) in [6, 6.07) is 17.0. The Morgan fingerprint density at radius 2 is 1.59 bits per heavy atom. The highest BCUT2D eigenvalue weighted by molar-refractivity contribution is 7.80. The van der Waals surface area contributed by atoms with Gasteiger partial charge >= 0.3 is 11.9 Å². The van der Waals surface area contributed by atoms with Crippen LogP contribution in [0.5, 0.6) is 0 Å². The summed E-state index contributed by atoms with van der Waals surface area (Å²) in [7, 11) is 0. The number of nitrogens with zero attached hydrogens (tertiary/aromatic N) is 8. The summed E-state index contributed by atoms with van der Waals surface area (Å²) in [5.41, 5.74) is 4.89. The van der Waals surface area contributed by atoms with E-state index in [9.17, 15) is 41.9 Å². The first-order valence-electron chi connectivity index (χ1n) is 29.4. The van der Waals surface area contributed by atoms with Crippen molar-refractivity contribution in [2.75, 3.05) is 81.3 Å². The van der Waals surface area contributed by atoms with Gasteiger partial charge in [-0.25, -0.2) is 32.6 Å². The number of rotatable bonds is 21. The SMILES string of the molecule is Cc1ncsc1-c1ccc(CNC(=O)[C@@H]2C[C@@H](OC(=O)CCC(=O)O)CN2C(=O)[C@@H](NC(=O)CN2CCN(CC3CCN(c4ccc(-c5cnc6[nH]cc(C(=O)c7c(F)ccc(N(N8CC[C@@H](F)C8)S(=O)[O-])c7F)c6c5)cc4)CC3)CC2)C(C)(C)C)cc1. The number of pyridine rings is 1. The van der Waals surface area contributed by atoms with Crippen molar-refractivity contribution in [2.45, 2.75) is 97.1 Å². The molecule has 5 atom stereocenters. The normalized spacial score (nSPS) is 19.6. The second kappa shape index (κ2) is 27.4. The summed E-state index contributed by atoms with van der Waals surface area (Å²) < 4.78 is 76.1. The molecule has 4 aliphatic heterocycles. The minimum absolute atomic E-state index is 0.00651. The molecule has 4 saturated heterocycles. The minimum Gasteiger partial charge on any atom is -0.754 e. The number of H-pyrrole nitrogens is 1. The molecule has 88 heavy (non-hydrogen) atoms. The highest BCUT2D eigenvalue weighted by Crippen LogP contribution is 2.35. The molecule has 0 radical (unpaired) electrons. The number of aromatic nitrogens is 3. The number of halogens is 3. The van der Waals surface area contributed by atoms with Crippen LogP contribution in [0.1, 0.15) is 86.5 Å². The number of carbonyl (C=O) groups is 6. The highest BCUT2D eigenvalue weighted by Gasteiger charge is 2.46. The van der Waals surface area contributed by atoms with Gasteiger partial charge in [-0.05, 0) is 84.5 Å². The number of aryl methyl sites for hydroxylation is 1. The predicted molar refractivity (Wildman–Crippen MR) is 324 cm³/mol. The number of aromatic amines is 1. The van der Waals surface area contributed by atoms with E-state index in [0.717, 1.165) is 95.7 Å². The molecule has 4 N–H and O–H groups in total. The van der Waals surface area contributed by atoms with Crippen molar-refractivity contribution >= 4 is 80.5 Å². The molecule has 4 fully saturated rings. The first-order chi connectivity index (χ1) is 42.1. The van der Waals surface area contributed by atoms with E-state index in [1.165, 1.54) is 22.4 Å². The third-order valence-corrected chi connectivity index (χ3v) is 18.5. The zero-order chi connectivity index (χ0) is 62.6. The van der Waals surface area contributed by atoms with Crippen LogP contribution in [0.15, 0.2) is 84.6 Å². The Bertz CT molecular complexity index is 3570. The molecule has 1 unspecified atom stereocenters. The second-order valence-electron chi connectivity index (χ2n) is 24.0. The zero-order valence-corrected chi connectivity index (χ0v) is 51.0. The van der Waals surface area contributed by atoms with Crippen LogP contribution >= 0.6 is 11.3 Å². The maximum atomic E-state index is 16.1. The number of ether oxygens (including phenoxy) is 1. The van der Waals surface area contributed by atoms with Crippen LogP contribution in [-0.4, -0.2) is 180 Å². The minimum atomic E-state index is -3.09. The van der Waals surface area contributed by atoms with Crippen LogP contribution in [0.2, 0.25) is 0 Å². The summed E-state index contributed by atoms with van der Waals surface area (Å²) in [6.45, 7) is 12.6. The van der Waals surface area contributed by atoms with E-state index in [-0.39, 0.29) is 63.5 Å². The molecular weight excluding hydrogens is 1180 g/mol. The standard InChI is InChI=1S/C62H72F3N11O10S2/c1-37-57(87-36-69-37)41-7-5-38(6-8-41)29-68-60(82)50-28-45(86-53(80)16-15-52(78)79)34-75(50)61(83)58(62(2,3)4)70-51(77)35-72-25-23-71(24-26-72)32-39-17-20-73(21-18-39)44-11-9-40(10-12-44)42-27-46-47(31-67-59(46)66-30-42)56(81)54-48(64)13-14-49(55(54)65)76(88(84)85)74-22-19-43(63)33-74/h5-14,27,30-31,36,39,43,45,50,58H,15-26,28-29,32-35H2,1-4H3,(H,66,67)(H,68,82)(H,70,77)(H,78,79)(H,84,85)/p-1/t43-,45-,50+,58-/m1/s1. The van der Waals surface area contributed by atoms with E-state index in [0.29, 0.717) is 40.0 Å². The van der Waals surface area contributed by atoms with Gasteiger partial charge in [-0.3, -0.25) is 37.9 Å². The molecule has 0 saturated carbocycles. The van der Waals surface area contributed by atoms with Crippen molar-refractivity contribution in [3.05, 3.63) is 119 Å². The molecule has 10 rings (SSSR count). The van der Waals surface area contributed by atoms with Gasteiger partial charge in [-0.15, -0.1) is 11.3 Å². The number of fused-ring (bicyclic) bond motifs is 1. The van der Waals surface area contributed by atoms with Gasteiger partial charge in [0, 0.05) is 99.9 Å². The quantitative estimate of drug-likeness (QED) is 0.0329. The molecule has 0 aliphatic carbocycles. The number of nitrogens with one attached hydrogen (secondary N) is 3. The number of ketones is 1. The Morgan fingerprint density at radius 1 is 0.886 bits per heavy atom. The number of benzene rings is 3. The number of carboxylic acids is 1. The van der Waals surface area contributed by atoms with E-state index in [4.69, 9.17) is 9.84 Å². The smallest absolute Gasteiger partial charge is 0.306 e. The van der Waals surface area contributed by atoms with E-state index < -0.39 is 99.9 Å². The zero-order valence-electron chi connectivity index (χ0n) is 49.3. The summed E-state index contributed by atoms with van der Waals surface area (Å²) in [5, 5.41) is 16.5. The highest BCUT2D eigenvalue weighted by atomic mass is 32.2. The number of piperidine rings is 1. The summed E-state index contributed by atoms with van der Waals surface area (Å²) in [6.07, 6.45) is 1.89. The third kappa shape index (κ3) is 14.7. The fraction of sp³-hybridized carbons (Fsp3) is 0.452. The van der Waals surface area contributed by atoms with Crippen LogP contribution in [-0.2, 0) is 46.5 Å². The Kier molecular flexibility index (Phi) is 19.7. The van der Waals surface area contributed by atoms with Gasteiger partial charge in [-0.2, -0.15) is 0 Å². The number of hydrogen-bond donors (Lipinski definition) is 4. The lowest BCUT2D eigenvalue weighted by molar-refractivity contribution is -0.152. The molecule has 21 nitrogen and oxygen atoms in total. The Balaban J connectivity index is 0.701. The number of carbonyl (C=O) groups excluding carboxylic acids is 5. The number of alkyl halides is 1. The van der Waals surface area contributed by atoms with Crippen molar-refractivity contribution in [3.8, 4) is 21.6 Å². The molecule has 3 aromatic carbocycles. The van der Waals surface area contributed by atoms with Gasteiger partial charge < -0.3 is 44.7 Å². The van der Waals surface area contributed by atoms with Crippen molar-refractivity contribution in [1.82, 2.24) is 45.3 Å². The molecule has 7 heterocycles. The number of likely N-dealkylation sites (tertiary alicyclic amines) is 1. The number of esters is 1. The number of piperazine rings is 1. The van der Waals surface area contributed by atoms with Gasteiger partial charge in [0.15, 0.2) is 5.82 Å². The molecule has 3 amide bonds. The van der Waals surface area contributed by atoms with Gasteiger partial charge in [0.25, 0.3) is 0 Å². The molecule has 0 spiro atoms. The van der Waals surface area contributed by atoms with Crippen LogP contribution in [0, 0.1) is 29.9 Å². The van der Waals surface area contributed by atoms with E-state index in [1.807, 2.05) is 76.2 Å². The van der Waals surface area contributed by atoms with Crippen molar-refractivity contribution in [1.29, 1.82) is 0 Å². The number of aliphatic carboxylic acids is 1. The fourth-order valence-electron chi connectivity index (χ4n) is 12.0. The van der Waals surface area contributed by atoms with Gasteiger partial charge in [0.2, 0.25) is 23.5 Å². The lowest BCUT2D eigenvalue weighted by atomic mass is 9.85. The van der Waals surface area contributed by atoms with E-state index in [1.54, 1.807) is 17.8 Å². The molecule has 468 valence electrons. The monoisotopic (exact) mass is 1250 g/mol. The molecule has 0 bridgehead atoms. The molecule has 4 aliphatic rings. The maximum Gasteiger partial charge on any atom is 0.306 e. The van der Waals surface area contributed by atoms with Crippen molar-refractivity contribution in [3.63, 3.8) is 0 Å². The fourth-order valence-corrected chi connectivity index (χ4v) is 13.5. The van der Waals surface area contributed by atoms with Gasteiger partial charge in [0.05, 0.1) is 65.4 Å². The van der Waals surface area contributed by atoms with Crippen LogP contribution in [0.4, 0.5) is 24.5 Å². The number of hydrazine groups is 1. The molecular formula is C62H71F3N11O10S2-. The predicted octanol–water partition coefficient (Wildman–Crippen LogP) is 6.79. The first kappa shape index (κ1) is 63.4. The van der Waals surface area contributed by atoms with Gasteiger partial charge in [-0.1, -0.05) is 57.2 Å². The maximum absolute atomic E-state index is 16.1. The number of thiazole rings is 1. The Morgan fingerprint density at radius 3 is 2.24 bits per heavy atom. The first-order valence-corrected chi connectivity index (χ1v) is 31.4. The Labute approximate surface area is 514 Å². The van der Waals surface area contributed by atoms with Crippen molar-refractivity contribution in [2.24, 2.45) is 11.3 Å². The largest absolute Gasteiger partial charge is 0.754 e. The number of anilines is 2. The Hall–Kier alpha value is -7.62. The summed E-state index contributed by atoms with van der Waals surface area (Å²) in [5.74, 6) is -6.35. The van der Waals surface area contributed by atoms with E-state index in [2.05, 4.69) is 40.3 Å². The van der Waals surface area contributed by atoms with E-state index >= 15 is 8.78 Å². The number of carboxylic acid groups (broad SMARTS) is 1. The van der Waals surface area contributed by atoms with Crippen LogP contribution < -0.4 is 19.9 Å². The molecule has 3 aromatic heterocycles. The third-order valence-electron chi connectivity index (χ3n) is 16.9. The summed E-state index contributed by atoms with van der Waals surface area (Å²) >= 11 is -1.56. The average Bonchev–Trinajstić information content (AvgIpc) is 1.95. The molecule has 26 heteroatoms.